The van der Waals surface area contributed by atoms with Crippen LogP contribution in [0, 0.1) is 0 Å². The maximum Gasteiger partial charge on any atom is 0.199 e. The van der Waals surface area contributed by atoms with Crippen molar-refractivity contribution in [2.45, 2.75) is 0 Å². The first-order valence-electron chi connectivity index (χ1n) is 5.23. The number of hydrogen-bond acceptors (Lipinski definition) is 5. The van der Waals surface area contributed by atoms with Crippen molar-refractivity contribution in [3.8, 4) is 0 Å². The van der Waals surface area contributed by atoms with E-state index in [9.17, 15) is 9.90 Å². The van der Waals surface area contributed by atoms with Gasteiger partial charge in [0.1, 0.15) is 18.4 Å². The number of aliphatic hydroxyl groups excluding tert-OH is 1. The number of rotatable bonds is 2. The van der Waals surface area contributed by atoms with E-state index in [4.69, 9.17) is 0 Å². The average Bonchev–Trinajstić information content (AvgIpc) is 2.98. The van der Waals surface area contributed by atoms with Crippen molar-refractivity contribution in [1.82, 2.24) is 14.9 Å². The van der Waals surface area contributed by atoms with Crippen molar-refractivity contribution in [3.63, 3.8) is 0 Å². The van der Waals surface area contributed by atoms with Gasteiger partial charge in [-0.2, -0.15) is 5.10 Å². The van der Waals surface area contributed by atoms with Crippen LogP contribution in [0.2, 0.25) is 0 Å². The largest absolute Gasteiger partial charge is 0.506 e. The number of ketones is 1. The molecule has 0 radical (unpaired) electrons. The van der Waals surface area contributed by atoms with E-state index in [-0.39, 0.29) is 17.1 Å². The third-order valence-corrected chi connectivity index (χ3v) is 2.65. The fourth-order valence-electron chi connectivity index (χ4n) is 1.78. The molecule has 0 spiro atoms. The normalized spacial score (nSPS) is 14.6. The molecule has 18 heavy (non-hydrogen) atoms. The van der Waals surface area contributed by atoms with E-state index in [0.717, 1.165) is 0 Å². The Morgan fingerprint density at radius 3 is 2.50 bits per heavy atom. The van der Waals surface area contributed by atoms with Crippen LogP contribution in [0.1, 0.15) is 15.9 Å². The third kappa shape index (κ3) is 1.51. The van der Waals surface area contributed by atoms with E-state index in [1.807, 2.05) is 0 Å². The highest BCUT2D eigenvalue weighted by Crippen LogP contribution is 2.29. The second-order valence-electron chi connectivity index (χ2n) is 3.72. The molecule has 1 N–H and O–H groups in total. The Kier molecular flexibility index (Phi) is 2.26. The monoisotopic (exact) mass is 240 g/mol. The molecule has 0 fully saturated rings. The Bertz CT molecular complexity index is 671. The predicted molar refractivity (Wildman–Crippen MR) is 64.2 cm³/mol. The first-order valence-corrected chi connectivity index (χ1v) is 5.23. The summed E-state index contributed by atoms with van der Waals surface area (Å²) >= 11 is 0. The molecule has 0 bridgehead atoms. The van der Waals surface area contributed by atoms with Crippen LogP contribution < -0.4 is 0 Å². The fraction of sp³-hybridized carbons (Fsp3) is 0. The number of carbonyl (C=O) groups is 1. The number of aliphatic hydroxyl groups is 1. The summed E-state index contributed by atoms with van der Waals surface area (Å²) < 4.78 is 1.34. The van der Waals surface area contributed by atoms with Crippen LogP contribution in [0.15, 0.2) is 47.6 Å². The van der Waals surface area contributed by atoms with Crippen LogP contribution in [-0.4, -0.2) is 32.0 Å². The van der Waals surface area contributed by atoms with Crippen molar-refractivity contribution in [1.29, 1.82) is 0 Å². The highest BCUT2D eigenvalue weighted by molar-refractivity contribution is 6.30. The SMILES string of the molecule is O=C1C(C=Nn2cnnc2)=C(O)c2ccccc21. The highest BCUT2D eigenvalue weighted by atomic mass is 16.3. The van der Waals surface area contributed by atoms with E-state index in [2.05, 4.69) is 15.3 Å². The molecule has 1 aliphatic rings. The van der Waals surface area contributed by atoms with Gasteiger partial charge in [0, 0.05) is 11.1 Å². The standard InChI is InChI=1S/C12H8N4O2/c17-11-8-3-1-2-4-9(8)12(18)10(11)5-15-16-6-13-14-7-16/h1-7,17H. The molecule has 1 aliphatic carbocycles. The zero-order valence-corrected chi connectivity index (χ0v) is 9.19. The lowest BCUT2D eigenvalue weighted by molar-refractivity contribution is 0.104. The molecule has 0 unspecified atom stereocenters. The van der Waals surface area contributed by atoms with Crippen LogP contribution in [0.5, 0.6) is 0 Å². The first kappa shape index (κ1) is 10.4. The molecule has 3 rings (SSSR count). The quantitative estimate of drug-likeness (QED) is 0.802. The second kappa shape index (κ2) is 3.92. The minimum Gasteiger partial charge on any atom is -0.506 e. The summed E-state index contributed by atoms with van der Waals surface area (Å²) in [5.74, 6) is -0.285. The number of benzene rings is 1. The van der Waals surface area contributed by atoms with Gasteiger partial charge in [-0.3, -0.25) is 4.79 Å². The first-order chi connectivity index (χ1) is 8.77. The summed E-state index contributed by atoms with van der Waals surface area (Å²) in [5, 5.41) is 21.1. The molecule has 6 nitrogen and oxygen atoms in total. The molecule has 0 aliphatic heterocycles. The highest BCUT2D eigenvalue weighted by Gasteiger charge is 2.27. The van der Waals surface area contributed by atoms with Gasteiger partial charge in [-0.15, -0.1) is 10.2 Å². The average molecular weight is 240 g/mol. The topological polar surface area (TPSA) is 80.4 Å². The van der Waals surface area contributed by atoms with Gasteiger partial charge in [-0.25, -0.2) is 4.68 Å². The summed E-state index contributed by atoms with van der Waals surface area (Å²) in [4.78, 5) is 12.0. The Hall–Kier alpha value is -2.76. The van der Waals surface area contributed by atoms with Gasteiger partial charge < -0.3 is 5.11 Å². The lowest BCUT2D eigenvalue weighted by Crippen LogP contribution is -2.00. The maximum absolute atomic E-state index is 12.0. The van der Waals surface area contributed by atoms with Crippen molar-refractivity contribution in [2.24, 2.45) is 5.10 Å². The van der Waals surface area contributed by atoms with E-state index in [1.165, 1.54) is 23.5 Å². The summed E-state index contributed by atoms with van der Waals surface area (Å²) in [6.45, 7) is 0. The van der Waals surface area contributed by atoms with E-state index >= 15 is 0 Å². The van der Waals surface area contributed by atoms with Crippen LogP contribution in [-0.2, 0) is 0 Å². The lowest BCUT2D eigenvalue weighted by atomic mass is 10.1. The third-order valence-electron chi connectivity index (χ3n) is 2.65. The molecule has 0 saturated heterocycles. The molecule has 1 heterocycles. The molecular weight excluding hydrogens is 232 g/mol. The summed E-state index contributed by atoms with van der Waals surface area (Å²) in [6, 6.07) is 6.89. The molecule has 6 heteroatoms. The summed E-state index contributed by atoms with van der Waals surface area (Å²) in [5.41, 5.74) is 1.19. The van der Waals surface area contributed by atoms with Gasteiger partial charge in [0.15, 0.2) is 5.78 Å². The smallest absolute Gasteiger partial charge is 0.199 e. The van der Waals surface area contributed by atoms with Crippen LogP contribution in [0.4, 0.5) is 0 Å². The van der Waals surface area contributed by atoms with E-state index in [0.29, 0.717) is 11.1 Å². The Balaban J connectivity index is 2.00. The van der Waals surface area contributed by atoms with Crippen molar-refractivity contribution < 1.29 is 9.90 Å². The molecular formula is C12H8N4O2. The number of carbonyl (C=O) groups excluding carboxylic acids is 1. The summed E-state index contributed by atoms with van der Waals surface area (Å²) in [7, 11) is 0. The fourth-order valence-corrected chi connectivity index (χ4v) is 1.78. The molecule has 1 aromatic carbocycles. The number of aromatic nitrogens is 3. The Morgan fingerprint density at radius 1 is 1.17 bits per heavy atom. The van der Waals surface area contributed by atoms with Crippen LogP contribution in [0.25, 0.3) is 5.76 Å². The minimum atomic E-state index is -0.236. The van der Waals surface area contributed by atoms with Gasteiger partial charge in [0.05, 0.1) is 11.8 Å². The number of hydrogen-bond donors (Lipinski definition) is 1. The van der Waals surface area contributed by atoms with Gasteiger partial charge in [-0.1, -0.05) is 24.3 Å². The molecule has 2 aromatic rings. The van der Waals surface area contributed by atoms with Crippen molar-refractivity contribution in [3.05, 3.63) is 53.6 Å². The zero-order valence-electron chi connectivity index (χ0n) is 9.19. The second-order valence-corrected chi connectivity index (χ2v) is 3.72. The Morgan fingerprint density at radius 2 is 1.83 bits per heavy atom. The molecule has 1 aromatic heterocycles. The number of Topliss-reactive ketones (excluding diaryl/α,β-unsaturated/α-hetero) is 1. The van der Waals surface area contributed by atoms with Crippen molar-refractivity contribution >= 4 is 17.8 Å². The van der Waals surface area contributed by atoms with Gasteiger partial charge in [0.25, 0.3) is 0 Å². The maximum atomic E-state index is 12.0. The predicted octanol–water partition coefficient (Wildman–Crippen LogP) is 1.28. The van der Waals surface area contributed by atoms with E-state index in [1.54, 1.807) is 24.3 Å². The molecule has 0 amide bonds. The summed E-state index contributed by atoms with van der Waals surface area (Å²) in [6.07, 6.45) is 4.09. The Labute approximate surface area is 102 Å². The number of allylic oxidation sites excluding steroid dienone is 1. The molecule has 88 valence electrons. The molecule has 0 saturated carbocycles. The van der Waals surface area contributed by atoms with E-state index < -0.39 is 0 Å². The van der Waals surface area contributed by atoms with Crippen molar-refractivity contribution in [2.75, 3.05) is 0 Å². The lowest BCUT2D eigenvalue weighted by Gasteiger charge is -1.95. The zero-order chi connectivity index (χ0) is 12.5. The van der Waals surface area contributed by atoms with Crippen LogP contribution in [0.3, 0.4) is 0 Å². The minimum absolute atomic E-state index is 0.0487. The molecule has 0 atom stereocenters. The van der Waals surface area contributed by atoms with Gasteiger partial charge >= 0.3 is 0 Å². The van der Waals surface area contributed by atoms with Gasteiger partial charge in [-0.05, 0) is 0 Å². The van der Waals surface area contributed by atoms with Crippen LogP contribution >= 0.6 is 0 Å². The van der Waals surface area contributed by atoms with Gasteiger partial charge in [0.2, 0.25) is 0 Å². The number of nitrogens with zero attached hydrogens (tertiary/aromatic N) is 4. The number of fused-ring (bicyclic) bond motifs is 1.